The Hall–Kier alpha value is -0.650. The van der Waals surface area contributed by atoms with Crippen LogP contribution in [0.5, 0.6) is 0 Å². The molecule has 4 nitrogen and oxygen atoms in total. The van der Waals surface area contributed by atoms with E-state index in [0.717, 1.165) is 61.1 Å². The molecule has 2 aliphatic rings. The van der Waals surface area contributed by atoms with Gasteiger partial charge in [-0.15, -0.1) is 0 Å². The Kier molecular flexibility index (Phi) is 3.54. The van der Waals surface area contributed by atoms with Crippen LogP contribution in [-0.2, 0) is 11.2 Å². The van der Waals surface area contributed by atoms with Crippen molar-refractivity contribution in [3.8, 4) is 0 Å². The second kappa shape index (κ2) is 5.15. The van der Waals surface area contributed by atoms with Crippen molar-refractivity contribution in [1.29, 1.82) is 0 Å². The lowest BCUT2D eigenvalue weighted by molar-refractivity contribution is 0.0929. The Labute approximate surface area is 112 Å². The number of nitrogens with zero attached hydrogens (tertiary/aromatic N) is 2. The van der Waals surface area contributed by atoms with Gasteiger partial charge in [0.05, 0.1) is 35.9 Å². The first kappa shape index (κ1) is 12.4. The van der Waals surface area contributed by atoms with Crippen LogP contribution in [0.25, 0.3) is 0 Å². The van der Waals surface area contributed by atoms with Gasteiger partial charge < -0.3 is 14.7 Å². The molecule has 1 saturated heterocycles. The highest BCUT2D eigenvalue weighted by Crippen LogP contribution is 2.38. The maximum Gasteiger partial charge on any atom is 0.186 e. The van der Waals surface area contributed by atoms with E-state index in [-0.39, 0.29) is 6.10 Å². The lowest BCUT2D eigenvalue weighted by Gasteiger charge is -2.34. The van der Waals surface area contributed by atoms with Crippen molar-refractivity contribution < 1.29 is 9.84 Å². The molecule has 18 heavy (non-hydrogen) atoms. The average molecular weight is 268 g/mol. The van der Waals surface area contributed by atoms with Gasteiger partial charge in [-0.2, -0.15) is 0 Å². The summed E-state index contributed by atoms with van der Waals surface area (Å²) in [5, 5.41) is 11.1. The third-order valence-corrected chi connectivity index (χ3v) is 5.09. The summed E-state index contributed by atoms with van der Waals surface area (Å²) in [6.45, 7) is 4.68. The highest BCUT2D eigenvalue weighted by Gasteiger charge is 2.28. The molecule has 2 unspecified atom stereocenters. The van der Waals surface area contributed by atoms with Crippen LogP contribution in [0.1, 0.15) is 42.9 Å². The Balaban J connectivity index is 1.87. The van der Waals surface area contributed by atoms with E-state index in [1.165, 1.54) is 0 Å². The van der Waals surface area contributed by atoms with E-state index in [9.17, 15) is 5.11 Å². The van der Waals surface area contributed by atoms with Crippen molar-refractivity contribution in [3.05, 3.63) is 10.6 Å². The second-order valence-electron chi connectivity index (χ2n) is 5.05. The number of aliphatic hydroxyl groups is 1. The predicted octanol–water partition coefficient (Wildman–Crippen LogP) is 2.13. The minimum atomic E-state index is -0.291. The molecule has 1 N–H and O–H groups in total. The lowest BCUT2D eigenvalue weighted by atomic mass is 10.0. The van der Waals surface area contributed by atoms with Gasteiger partial charge in [0.15, 0.2) is 5.13 Å². The Bertz CT molecular complexity index is 421. The Morgan fingerprint density at radius 3 is 3.22 bits per heavy atom. The van der Waals surface area contributed by atoms with E-state index >= 15 is 0 Å². The van der Waals surface area contributed by atoms with E-state index in [0.29, 0.717) is 6.04 Å². The molecule has 100 valence electrons. The quantitative estimate of drug-likeness (QED) is 0.892. The summed E-state index contributed by atoms with van der Waals surface area (Å²) in [7, 11) is 0. The summed E-state index contributed by atoms with van der Waals surface area (Å²) in [6.07, 6.45) is 3.74. The summed E-state index contributed by atoms with van der Waals surface area (Å²) in [5.74, 6) is 0. The standard InChI is InChI=1S/C13H20N2O2S/c1-2-9-8-17-7-6-15(9)13-14-10-4-3-5-11(16)12(10)18-13/h9,11,16H,2-8H2,1H3. The number of hydrogen-bond donors (Lipinski definition) is 1. The number of fused-ring (bicyclic) bond motifs is 1. The molecular weight excluding hydrogens is 248 g/mol. The van der Waals surface area contributed by atoms with Crippen LogP contribution in [0.3, 0.4) is 0 Å². The number of morpholine rings is 1. The van der Waals surface area contributed by atoms with Gasteiger partial charge in [-0.05, 0) is 25.7 Å². The maximum atomic E-state index is 10.0. The molecule has 5 heteroatoms. The highest BCUT2D eigenvalue weighted by molar-refractivity contribution is 7.15. The summed E-state index contributed by atoms with van der Waals surface area (Å²) >= 11 is 1.68. The summed E-state index contributed by atoms with van der Waals surface area (Å²) < 4.78 is 5.53. The molecule has 2 atom stereocenters. The first-order chi connectivity index (χ1) is 8.79. The van der Waals surface area contributed by atoms with E-state index in [1.807, 2.05) is 0 Å². The third kappa shape index (κ3) is 2.15. The maximum absolute atomic E-state index is 10.0. The number of aryl methyl sites for hydroxylation is 1. The van der Waals surface area contributed by atoms with Gasteiger partial charge in [0.2, 0.25) is 0 Å². The van der Waals surface area contributed by atoms with Crippen LogP contribution < -0.4 is 4.90 Å². The van der Waals surface area contributed by atoms with Crippen LogP contribution >= 0.6 is 11.3 Å². The molecule has 1 aliphatic carbocycles. The molecule has 1 aliphatic heterocycles. The number of anilines is 1. The Morgan fingerprint density at radius 2 is 2.44 bits per heavy atom. The minimum absolute atomic E-state index is 0.291. The van der Waals surface area contributed by atoms with Crippen molar-refractivity contribution >= 4 is 16.5 Å². The van der Waals surface area contributed by atoms with Gasteiger partial charge in [-0.1, -0.05) is 18.3 Å². The van der Waals surface area contributed by atoms with Crippen molar-refractivity contribution in [1.82, 2.24) is 4.98 Å². The van der Waals surface area contributed by atoms with Crippen LogP contribution in [0.2, 0.25) is 0 Å². The largest absolute Gasteiger partial charge is 0.388 e. The van der Waals surface area contributed by atoms with E-state index in [2.05, 4.69) is 11.8 Å². The Morgan fingerprint density at radius 1 is 1.56 bits per heavy atom. The topological polar surface area (TPSA) is 45.6 Å². The van der Waals surface area contributed by atoms with Crippen LogP contribution in [0, 0.1) is 0 Å². The zero-order valence-electron chi connectivity index (χ0n) is 10.8. The molecule has 1 aromatic heterocycles. The van der Waals surface area contributed by atoms with Crippen LogP contribution in [0.4, 0.5) is 5.13 Å². The van der Waals surface area contributed by atoms with Crippen molar-refractivity contribution in [2.45, 2.75) is 44.8 Å². The SMILES string of the molecule is CCC1COCCN1c1nc2c(s1)C(O)CCC2. The molecule has 0 spiro atoms. The van der Waals surface area contributed by atoms with Gasteiger partial charge >= 0.3 is 0 Å². The number of rotatable bonds is 2. The smallest absolute Gasteiger partial charge is 0.186 e. The summed E-state index contributed by atoms with van der Waals surface area (Å²) in [4.78, 5) is 8.21. The van der Waals surface area contributed by atoms with E-state index in [1.54, 1.807) is 11.3 Å². The number of ether oxygens (including phenoxy) is 1. The van der Waals surface area contributed by atoms with Crippen LogP contribution in [0.15, 0.2) is 0 Å². The monoisotopic (exact) mass is 268 g/mol. The molecule has 0 bridgehead atoms. The molecular formula is C13H20N2O2S. The molecule has 3 rings (SSSR count). The molecule has 1 fully saturated rings. The fraction of sp³-hybridized carbons (Fsp3) is 0.769. The highest BCUT2D eigenvalue weighted by atomic mass is 32.1. The fourth-order valence-corrected chi connectivity index (χ4v) is 3.98. The third-order valence-electron chi connectivity index (χ3n) is 3.85. The van der Waals surface area contributed by atoms with Gasteiger partial charge in [-0.3, -0.25) is 0 Å². The molecule has 0 radical (unpaired) electrons. The average Bonchev–Trinajstić information content (AvgIpc) is 2.84. The first-order valence-electron chi connectivity index (χ1n) is 6.81. The summed E-state index contributed by atoms with van der Waals surface area (Å²) in [6, 6.07) is 0.434. The predicted molar refractivity (Wildman–Crippen MR) is 72.3 cm³/mol. The zero-order chi connectivity index (χ0) is 12.5. The lowest BCUT2D eigenvalue weighted by Crippen LogP contribution is -2.45. The van der Waals surface area contributed by atoms with Gasteiger partial charge in [0.1, 0.15) is 0 Å². The first-order valence-corrected chi connectivity index (χ1v) is 7.63. The molecule has 0 saturated carbocycles. The molecule has 0 aromatic carbocycles. The zero-order valence-corrected chi connectivity index (χ0v) is 11.6. The van der Waals surface area contributed by atoms with Gasteiger partial charge in [0.25, 0.3) is 0 Å². The normalized spacial score (nSPS) is 28.2. The molecule has 2 heterocycles. The number of aliphatic hydroxyl groups excluding tert-OH is 1. The van der Waals surface area contributed by atoms with Crippen LogP contribution in [-0.4, -0.2) is 35.9 Å². The molecule has 0 amide bonds. The molecule has 1 aromatic rings. The number of hydrogen-bond acceptors (Lipinski definition) is 5. The minimum Gasteiger partial charge on any atom is -0.388 e. The number of aromatic nitrogens is 1. The van der Waals surface area contributed by atoms with Crippen molar-refractivity contribution in [2.24, 2.45) is 0 Å². The van der Waals surface area contributed by atoms with Gasteiger partial charge in [0, 0.05) is 6.54 Å². The van der Waals surface area contributed by atoms with E-state index < -0.39 is 0 Å². The summed E-state index contributed by atoms with van der Waals surface area (Å²) in [5.41, 5.74) is 1.12. The van der Waals surface area contributed by atoms with E-state index in [4.69, 9.17) is 9.72 Å². The van der Waals surface area contributed by atoms with Crippen molar-refractivity contribution in [2.75, 3.05) is 24.7 Å². The van der Waals surface area contributed by atoms with Crippen molar-refractivity contribution in [3.63, 3.8) is 0 Å². The van der Waals surface area contributed by atoms with Gasteiger partial charge in [-0.25, -0.2) is 4.98 Å². The number of thiazole rings is 1. The fourth-order valence-electron chi connectivity index (χ4n) is 2.75. The second-order valence-corrected chi connectivity index (χ2v) is 6.05.